The molecule has 1 atom stereocenters. The molecular formula is C9H10O4. The number of benzene rings is 1. The van der Waals surface area contributed by atoms with Gasteiger partial charge in [0.15, 0.2) is 11.5 Å². The second-order valence-electron chi connectivity index (χ2n) is 2.81. The first-order valence-electron chi connectivity index (χ1n) is 3.99. The maximum atomic E-state index is 9.31. The largest absolute Gasteiger partial charge is 0.454 e. The number of ether oxygens (including phenoxy) is 2. The number of aliphatic hydroxyl groups excluding tert-OH is 2. The minimum Gasteiger partial charge on any atom is -0.454 e. The Labute approximate surface area is 75.3 Å². The Bertz CT molecular complexity index is 310. The summed E-state index contributed by atoms with van der Waals surface area (Å²) in [6.07, 6.45) is -0.852. The molecule has 0 bridgehead atoms. The topological polar surface area (TPSA) is 58.9 Å². The highest BCUT2D eigenvalue weighted by Gasteiger charge is 2.15. The molecule has 1 aliphatic heterocycles. The van der Waals surface area contributed by atoms with Crippen LogP contribution in [0.3, 0.4) is 0 Å². The molecule has 0 amide bonds. The van der Waals surface area contributed by atoms with Crippen LogP contribution in [0.5, 0.6) is 11.5 Å². The van der Waals surface area contributed by atoms with Crippen molar-refractivity contribution in [2.45, 2.75) is 6.10 Å². The smallest absolute Gasteiger partial charge is 0.231 e. The quantitative estimate of drug-likeness (QED) is 0.696. The monoisotopic (exact) mass is 182 g/mol. The van der Waals surface area contributed by atoms with E-state index in [1.54, 1.807) is 18.2 Å². The van der Waals surface area contributed by atoms with E-state index in [1.807, 2.05) is 0 Å². The minimum atomic E-state index is -0.852. The molecule has 0 radical (unpaired) electrons. The molecule has 0 saturated carbocycles. The van der Waals surface area contributed by atoms with Gasteiger partial charge in [-0.25, -0.2) is 0 Å². The second-order valence-corrected chi connectivity index (χ2v) is 2.81. The molecule has 13 heavy (non-hydrogen) atoms. The van der Waals surface area contributed by atoms with Crippen molar-refractivity contribution in [2.24, 2.45) is 0 Å². The molecule has 0 aromatic heterocycles. The molecule has 4 heteroatoms. The van der Waals surface area contributed by atoms with Gasteiger partial charge in [-0.15, -0.1) is 0 Å². The van der Waals surface area contributed by atoms with E-state index in [-0.39, 0.29) is 13.4 Å². The second kappa shape index (κ2) is 3.24. The van der Waals surface area contributed by atoms with E-state index in [0.717, 1.165) is 0 Å². The zero-order valence-electron chi connectivity index (χ0n) is 6.93. The van der Waals surface area contributed by atoms with E-state index in [0.29, 0.717) is 17.1 Å². The molecule has 4 nitrogen and oxygen atoms in total. The molecule has 0 spiro atoms. The van der Waals surface area contributed by atoms with Gasteiger partial charge >= 0.3 is 0 Å². The molecule has 1 aromatic rings. The van der Waals surface area contributed by atoms with Crippen LogP contribution >= 0.6 is 0 Å². The van der Waals surface area contributed by atoms with Crippen LogP contribution in [-0.2, 0) is 0 Å². The minimum absolute atomic E-state index is 0.216. The van der Waals surface area contributed by atoms with Gasteiger partial charge in [0.05, 0.1) is 6.61 Å². The van der Waals surface area contributed by atoms with Crippen molar-refractivity contribution in [1.82, 2.24) is 0 Å². The normalized spacial score (nSPS) is 15.8. The van der Waals surface area contributed by atoms with Gasteiger partial charge in [0.1, 0.15) is 6.10 Å². The fraction of sp³-hybridized carbons (Fsp3) is 0.333. The summed E-state index contributed by atoms with van der Waals surface area (Å²) >= 11 is 0. The number of hydrogen-bond acceptors (Lipinski definition) is 4. The van der Waals surface area contributed by atoms with Gasteiger partial charge in [-0.05, 0) is 17.7 Å². The predicted molar refractivity (Wildman–Crippen MR) is 44.6 cm³/mol. The fourth-order valence-electron chi connectivity index (χ4n) is 1.23. The summed E-state index contributed by atoms with van der Waals surface area (Å²) in [6, 6.07) is 5.09. The van der Waals surface area contributed by atoms with Crippen molar-refractivity contribution >= 4 is 0 Å². The molecular weight excluding hydrogens is 172 g/mol. The molecule has 1 aromatic carbocycles. The molecule has 1 aliphatic rings. The third-order valence-electron chi connectivity index (χ3n) is 1.95. The summed E-state index contributed by atoms with van der Waals surface area (Å²) in [7, 11) is 0. The number of aliphatic hydroxyl groups is 2. The lowest BCUT2D eigenvalue weighted by molar-refractivity contribution is 0.0954. The van der Waals surface area contributed by atoms with Gasteiger partial charge in [-0.1, -0.05) is 6.07 Å². The van der Waals surface area contributed by atoms with E-state index >= 15 is 0 Å². The zero-order chi connectivity index (χ0) is 9.26. The van der Waals surface area contributed by atoms with Gasteiger partial charge < -0.3 is 19.7 Å². The van der Waals surface area contributed by atoms with Crippen molar-refractivity contribution in [2.75, 3.05) is 13.4 Å². The number of fused-ring (bicyclic) bond motifs is 1. The van der Waals surface area contributed by atoms with Crippen LogP contribution in [0.25, 0.3) is 0 Å². The first-order valence-corrected chi connectivity index (χ1v) is 3.99. The van der Waals surface area contributed by atoms with Crippen LogP contribution in [0.2, 0.25) is 0 Å². The Kier molecular flexibility index (Phi) is 2.08. The summed E-state index contributed by atoms with van der Waals surface area (Å²) in [5, 5.41) is 18.0. The first-order chi connectivity index (χ1) is 6.31. The maximum absolute atomic E-state index is 9.31. The number of hydrogen-bond donors (Lipinski definition) is 2. The Morgan fingerprint density at radius 1 is 1.31 bits per heavy atom. The van der Waals surface area contributed by atoms with Gasteiger partial charge in [-0.3, -0.25) is 0 Å². The summed E-state index contributed by atoms with van der Waals surface area (Å²) in [5.41, 5.74) is 0.631. The Balaban J connectivity index is 2.30. The molecule has 0 saturated heterocycles. The lowest BCUT2D eigenvalue weighted by Gasteiger charge is -2.07. The van der Waals surface area contributed by atoms with Crippen LogP contribution in [-0.4, -0.2) is 23.6 Å². The van der Waals surface area contributed by atoms with E-state index in [4.69, 9.17) is 14.6 Å². The maximum Gasteiger partial charge on any atom is 0.231 e. The predicted octanol–water partition coefficient (Wildman–Crippen LogP) is 0.441. The highest BCUT2D eigenvalue weighted by Crippen LogP contribution is 2.33. The molecule has 1 heterocycles. The molecule has 0 unspecified atom stereocenters. The molecule has 2 rings (SSSR count). The highest BCUT2D eigenvalue weighted by molar-refractivity contribution is 5.45. The summed E-state index contributed by atoms with van der Waals surface area (Å²) in [5.74, 6) is 1.29. The van der Waals surface area contributed by atoms with Crippen molar-refractivity contribution in [3.8, 4) is 11.5 Å². The number of rotatable bonds is 2. The van der Waals surface area contributed by atoms with Crippen molar-refractivity contribution < 1.29 is 19.7 Å². The summed E-state index contributed by atoms with van der Waals surface area (Å²) in [6.45, 7) is -0.0757. The van der Waals surface area contributed by atoms with E-state index in [1.165, 1.54) is 0 Å². The first kappa shape index (κ1) is 8.34. The van der Waals surface area contributed by atoms with Crippen molar-refractivity contribution in [3.63, 3.8) is 0 Å². The Morgan fingerprint density at radius 2 is 2.08 bits per heavy atom. The SMILES string of the molecule is OC[C@@H](O)c1ccc2c(c1)OCO2. The molecule has 2 N–H and O–H groups in total. The molecule has 0 aliphatic carbocycles. The van der Waals surface area contributed by atoms with Gasteiger partial charge in [0.25, 0.3) is 0 Å². The van der Waals surface area contributed by atoms with E-state index in [9.17, 15) is 5.11 Å². The van der Waals surface area contributed by atoms with Crippen LogP contribution < -0.4 is 9.47 Å². The molecule has 70 valence electrons. The standard InChI is InChI=1S/C9H10O4/c10-4-7(11)6-1-2-8-9(3-6)13-5-12-8/h1-3,7,10-11H,4-5H2/t7-/m1/s1. The van der Waals surface area contributed by atoms with Crippen LogP contribution in [0.4, 0.5) is 0 Å². The van der Waals surface area contributed by atoms with Crippen molar-refractivity contribution in [1.29, 1.82) is 0 Å². The Hall–Kier alpha value is -1.26. The van der Waals surface area contributed by atoms with Crippen LogP contribution in [0, 0.1) is 0 Å². The third-order valence-corrected chi connectivity index (χ3v) is 1.95. The average Bonchev–Trinajstić information content (AvgIpc) is 2.63. The lowest BCUT2D eigenvalue weighted by Crippen LogP contribution is -2.01. The summed E-state index contributed by atoms with van der Waals surface area (Å²) < 4.78 is 10.2. The molecule has 0 fully saturated rings. The fourth-order valence-corrected chi connectivity index (χ4v) is 1.23. The Morgan fingerprint density at radius 3 is 2.85 bits per heavy atom. The van der Waals surface area contributed by atoms with Crippen LogP contribution in [0.1, 0.15) is 11.7 Å². The summed E-state index contributed by atoms with van der Waals surface area (Å²) in [4.78, 5) is 0. The third kappa shape index (κ3) is 1.46. The van der Waals surface area contributed by atoms with Crippen LogP contribution in [0.15, 0.2) is 18.2 Å². The lowest BCUT2D eigenvalue weighted by atomic mass is 10.1. The van der Waals surface area contributed by atoms with E-state index < -0.39 is 6.10 Å². The zero-order valence-corrected chi connectivity index (χ0v) is 6.93. The van der Waals surface area contributed by atoms with Gasteiger partial charge in [0, 0.05) is 0 Å². The van der Waals surface area contributed by atoms with E-state index in [2.05, 4.69) is 0 Å². The van der Waals surface area contributed by atoms with Gasteiger partial charge in [-0.2, -0.15) is 0 Å². The highest BCUT2D eigenvalue weighted by atomic mass is 16.7. The van der Waals surface area contributed by atoms with Gasteiger partial charge in [0.2, 0.25) is 6.79 Å². The van der Waals surface area contributed by atoms with Crippen molar-refractivity contribution in [3.05, 3.63) is 23.8 Å². The average molecular weight is 182 g/mol.